The number of aromatic nitrogens is 5. The van der Waals surface area contributed by atoms with Gasteiger partial charge in [0.25, 0.3) is 0 Å². The van der Waals surface area contributed by atoms with E-state index in [-0.39, 0.29) is 18.1 Å². The second-order valence-electron chi connectivity index (χ2n) is 7.41. The molecule has 1 amide bonds. The quantitative estimate of drug-likeness (QED) is 0.751. The number of carbonyl (C=O) groups is 1. The van der Waals surface area contributed by atoms with Crippen molar-refractivity contribution in [2.75, 3.05) is 0 Å². The molecule has 2 N–H and O–H groups in total. The van der Waals surface area contributed by atoms with Crippen molar-refractivity contribution in [2.45, 2.75) is 57.1 Å². The van der Waals surface area contributed by atoms with Crippen LogP contribution in [0.4, 0.5) is 4.79 Å². The predicted molar refractivity (Wildman–Crippen MR) is 94.8 cm³/mol. The van der Waals surface area contributed by atoms with Crippen LogP contribution in [-0.2, 0) is 4.74 Å². The van der Waals surface area contributed by atoms with Gasteiger partial charge < -0.3 is 15.0 Å². The minimum Gasteiger partial charge on any atom is -0.446 e. The van der Waals surface area contributed by atoms with Crippen LogP contribution in [0.5, 0.6) is 0 Å². The molecule has 3 atom stereocenters. The van der Waals surface area contributed by atoms with Crippen LogP contribution in [0.3, 0.4) is 0 Å². The van der Waals surface area contributed by atoms with E-state index in [2.05, 4.69) is 36.8 Å². The van der Waals surface area contributed by atoms with Crippen LogP contribution in [0.2, 0.25) is 0 Å². The second-order valence-corrected chi connectivity index (χ2v) is 7.41. The summed E-state index contributed by atoms with van der Waals surface area (Å²) in [6.45, 7) is 2.18. The third-order valence-electron chi connectivity index (χ3n) is 5.65. The topological polar surface area (TPSA) is 97.2 Å². The number of rotatable bonds is 4. The minimum absolute atomic E-state index is 0.0698. The zero-order valence-corrected chi connectivity index (χ0v) is 14.7. The van der Waals surface area contributed by atoms with E-state index in [9.17, 15) is 4.79 Å². The SMILES string of the molecule is CC[C@@H]1C[C@@H](OC(=O)NC2CC2)C[C@@H]1c1nnc2cnc3[nH]ccc3n12. The Hall–Kier alpha value is -2.64. The standard InChI is InChI=1S/C18H22N6O2/c1-2-10-7-12(26-18(25)21-11-3-4-11)8-13(10)17-23-22-15-9-20-16-14(24(15)17)5-6-19-16/h5-6,9-13,19H,2-4,7-8H2,1H3,(H,21,25)/t10-,12-,13+/m1/s1. The number of H-pyrrole nitrogens is 1. The lowest BCUT2D eigenvalue weighted by molar-refractivity contribution is 0.0977. The molecule has 0 aliphatic heterocycles. The minimum atomic E-state index is -0.281. The van der Waals surface area contributed by atoms with Gasteiger partial charge in [0.1, 0.15) is 11.9 Å². The van der Waals surface area contributed by atoms with Gasteiger partial charge in [-0.1, -0.05) is 13.3 Å². The highest BCUT2D eigenvalue weighted by atomic mass is 16.6. The Bertz CT molecular complexity index is 959. The van der Waals surface area contributed by atoms with Crippen molar-refractivity contribution in [3.05, 3.63) is 24.3 Å². The molecule has 2 aliphatic carbocycles. The van der Waals surface area contributed by atoms with Crippen molar-refractivity contribution < 1.29 is 9.53 Å². The fourth-order valence-electron chi connectivity index (χ4n) is 4.16. The smallest absolute Gasteiger partial charge is 0.407 e. The van der Waals surface area contributed by atoms with Crippen molar-refractivity contribution >= 4 is 22.9 Å². The largest absolute Gasteiger partial charge is 0.446 e. The summed E-state index contributed by atoms with van der Waals surface area (Å²) in [6, 6.07) is 2.31. The molecule has 3 aromatic rings. The summed E-state index contributed by atoms with van der Waals surface area (Å²) in [5, 5.41) is 11.7. The van der Waals surface area contributed by atoms with E-state index in [1.54, 1.807) is 6.20 Å². The van der Waals surface area contributed by atoms with E-state index in [4.69, 9.17) is 4.74 Å². The van der Waals surface area contributed by atoms with Gasteiger partial charge in [-0.15, -0.1) is 10.2 Å². The Morgan fingerprint density at radius 2 is 2.27 bits per heavy atom. The summed E-state index contributed by atoms with van der Waals surface area (Å²) >= 11 is 0. The van der Waals surface area contributed by atoms with Gasteiger partial charge in [-0.3, -0.25) is 4.40 Å². The van der Waals surface area contributed by atoms with Gasteiger partial charge in [-0.05, 0) is 37.7 Å². The molecule has 0 saturated heterocycles. The molecule has 8 heteroatoms. The fraction of sp³-hybridized carbons (Fsp3) is 0.556. The first kappa shape index (κ1) is 15.6. The maximum atomic E-state index is 12.0. The Kier molecular flexibility index (Phi) is 3.58. The second kappa shape index (κ2) is 5.96. The Morgan fingerprint density at radius 3 is 3.08 bits per heavy atom. The molecule has 136 valence electrons. The Labute approximate surface area is 150 Å². The average molecular weight is 354 g/mol. The molecule has 26 heavy (non-hydrogen) atoms. The molecule has 2 saturated carbocycles. The first-order chi connectivity index (χ1) is 12.7. The number of hydrogen-bond donors (Lipinski definition) is 2. The van der Waals surface area contributed by atoms with E-state index in [1.165, 1.54) is 0 Å². The van der Waals surface area contributed by atoms with E-state index < -0.39 is 0 Å². The maximum absolute atomic E-state index is 12.0. The molecule has 0 unspecified atom stereocenters. The van der Waals surface area contributed by atoms with Crippen LogP contribution in [-0.4, -0.2) is 42.8 Å². The lowest BCUT2D eigenvalue weighted by atomic mass is 9.93. The summed E-state index contributed by atoms with van der Waals surface area (Å²) in [4.78, 5) is 19.5. The lowest BCUT2D eigenvalue weighted by Crippen LogP contribution is -2.29. The number of hydrogen-bond acceptors (Lipinski definition) is 5. The summed E-state index contributed by atoms with van der Waals surface area (Å²) in [5.41, 5.74) is 2.55. The number of ether oxygens (including phenoxy) is 1. The van der Waals surface area contributed by atoms with Crippen molar-refractivity contribution in [3.8, 4) is 0 Å². The first-order valence-corrected chi connectivity index (χ1v) is 9.37. The molecule has 2 aliphatic rings. The highest BCUT2D eigenvalue weighted by molar-refractivity contribution is 5.74. The van der Waals surface area contributed by atoms with E-state index in [0.717, 1.165) is 54.7 Å². The van der Waals surface area contributed by atoms with Gasteiger partial charge in [-0.2, -0.15) is 0 Å². The number of nitrogens with one attached hydrogen (secondary N) is 2. The zero-order chi connectivity index (χ0) is 17.7. The first-order valence-electron chi connectivity index (χ1n) is 9.37. The highest BCUT2D eigenvalue weighted by Gasteiger charge is 2.39. The summed E-state index contributed by atoms with van der Waals surface area (Å²) < 4.78 is 7.76. The number of aromatic amines is 1. The highest BCUT2D eigenvalue weighted by Crippen LogP contribution is 2.42. The van der Waals surface area contributed by atoms with Crippen LogP contribution in [0.1, 0.15) is 50.8 Å². The molecule has 0 aromatic carbocycles. The molecule has 0 radical (unpaired) electrons. The van der Waals surface area contributed by atoms with Crippen molar-refractivity contribution in [3.63, 3.8) is 0 Å². The van der Waals surface area contributed by atoms with Gasteiger partial charge in [0.2, 0.25) is 0 Å². The van der Waals surface area contributed by atoms with Crippen molar-refractivity contribution in [1.82, 2.24) is 29.9 Å². The monoisotopic (exact) mass is 354 g/mol. The van der Waals surface area contributed by atoms with Crippen LogP contribution >= 0.6 is 0 Å². The third kappa shape index (κ3) is 2.60. The number of alkyl carbamates (subject to hydrolysis) is 1. The van der Waals surface area contributed by atoms with Crippen LogP contribution in [0, 0.1) is 5.92 Å². The van der Waals surface area contributed by atoms with Crippen molar-refractivity contribution in [2.24, 2.45) is 5.92 Å². The van der Waals surface area contributed by atoms with Crippen molar-refractivity contribution in [1.29, 1.82) is 0 Å². The van der Waals surface area contributed by atoms with Gasteiger partial charge in [-0.25, -0.2) is 9.78 Å². The van der Waals surface area contributed by atoms with E-state index in [1.807, 2.05) is 12.3 Å². The summed E-state index contributed by atoms with van der Waals surface area (Å²) in [6.07, 6.45) is 8.06. The number of carbonyl (C=O) groups excluding carboxylic acids is 1. The molecular weight excluding hydrogens is 332 g/mol. The molecule has 5 rings (SSSR count). The third-order valence-corrected chi connectivity index (χ3v) is 5.65. The molecule has 0 spiro atoms. The molecular formula is C18H22N6O2. The molecule has 0 bridgehead atoms. The average Bonchev–Trinajstić information content (AvgIpc) is 3.03. The van der Waals surface area contributed by atoms with Gasteiger partial charge in [0.15, 0.2) is 11.3 Å². The van der Waals surface area contributed by atoms with E-state index >= 15 is 0 Å². The van der Waals surface area contributed by atoms with Gasteiger partial charge in [0.05, 0.1) is 11.7 Å². The van der Waals surface area contributed by atoms with Crippen LogP contribution in [0.25, 0.3) is 16.8 Å². The van der Waals surface area contributed by atoms with Crippen LogP contribution in [0.15, 0.2) is 18.5 Å². The summed E-state index contributed by atoms with van der Waals surface area (Å²) in [7, 11) is 0. The fourth-order valence-corrected chi connectivity index (χ4v) is 4.16. The number of fused-ring (bicyclic) bond motifs is 3. The molecule has 2 fully saturated rings. The normalized spacial score (nSPS) is 25.8. The Morgan fingerprint density at radius 1 is 1.38 bits per heavy atom. The molecule has 3 aromatic heterocycles. The number of amides is 1. The predicted octanol–water partition coefficient (Wildman–Crippen LogP) is 2.77. The van der Waals surface area contributed by atoms with Gasteiger partial charge >= 0.3 is 6.09 Å². The van der Waals surface area contributed by atoms with E-state index in [0.29, 0.717) is 12.0 Å². The zero-order valence-electron chi connectivity index (χ0n) is 14.7. The maximum Gasteiger partial charge on any atom is 0.407 e. The summed E-state index contributed by atoms with van der Waals surface area (Å²) in [5.74, 6) is 1.57. The molecule has 3 heterocycles. The Balaban J connectivity index is 1.44. The van der Waals surface area contributed by atoms with Gasteiger partial charge in [0, 0.05) is 18.2 Å². The number of nitrogens with zero attached hydrogens (tertiary/aromatic N) is 4. The lowest BCUT2D eigenvalue weighted by Gasteiger charge is -2.15. The molecule has 8 nitrogen and oxygen atoms in total. The van der Waals surface area contributed by atoms with Crippen LogP contribution < -0.4 is 5.32 Å².